The highest BCUT2D eigenvalue weighted by Crippen LogP contribution is 2.27. The molecule has 104 valence electrons. The summed E-state index contributed by atoms with van der Waals surface area (Å²) in [7, 11) is 0. The van der Waals surface area contributed by atoms with Crippen LogP contribution in [0.1, 0.15) is 31.4 Å². The Hall–Kier alpha value is -1.20. The van der Waals surface area contributed by atoms with Crippen LogP contribution in [0.5, 0.6) is 0 Å². The topological polar surface area (TPSA) is 50.3 Å². The number of nitrogens with zero attached hydrogens (tertiary/aromatic N) is 3. The van der Waals surface area contributed by atoms with Gasteiger partial charge >= 0.3 is 0 Å². The minimum absolute atomic E-state index is 0.492. The zero-order chi connectivity index (χ0) is 13.1. The Morgan fingerprint density at radius 2 is 2.16 bits per heavy atom. The fraction of sp³-hybridized carbons (Fsp3) is 0.714. The summed E-state index contributed by atoms with van der Waals surface area (Å²) >= 11 is 0. The molecular weight excluding hydrogens is 240 g/mol. The SMILES string of the molecule is C[C@@H]1CNCCN1c1cc(C2CCOCC2)ncn1. The van der Waals surface area contributed by atoms with Crippen molar-refractivity contribution in [3.05, 3.63) is 18.1 Å². The summed E-state index contributed by atoms with van der Waals surface area (Å²) in [6.07, 6.45) is 3.87. The number of hydrogen-bond donors (Lipinski definition) is 1. The van der Waals surface area contributed by atoms with Gasteiger partial charge in [-0.3, -0.25) is 0 Å². The molecule has 0 aromatic carbocycles. The van der Waals surface area contributed by atoms with Gasteiger partial charge in [-0.2, -0.15) is 0 Å². The Bertz CT molecular complexity index is 420. The Kier molecular flexibility index (Phi) is 3.94. The molecule has 19 heavy (non-hydrogen) atoms. The highest BCUT2D eigenvalue weighted by atomic mass is 16.5. The van der Waals surface area contributed by atoms with Crippen LogP contribution in [0.25, 0.3) is 0 Å². The lowest BCUT2D eigenvalue weighted by Gasteiger charge is -2.35. The maximum absolute atomic E-state index is 5.42. The highest BCUT2D eigenvalue weighted by molar-refractivity contribution is 5.41. The van der Waals surface area contributed by atoms with Gasteiger partial charge < -0.3 is 15.0 Å². The number of aromatic nitrogens is 2. The summed E-state index contributed by atoms with van der Waals surface area (Å²) in [5.74, 6) is 1.61. The smallest absolute Gasteiger partial charge is 0.132 e. The molecule has 1 N–H and O–H groups in total. The van der Waals surface area contributed by atoms with Crippen LogP contribution in [0.2, 0.25) is 0 Å². The molecule has 2 aliphatic heterocycles. The molecule has 2 saturated heterocycles. The second-order valence-electron chi connectivity index (χ2n) is 5.43. The molecule has 0 unspecified atom stereocenters. The van der Waals surface area contributed by atoms with E-state index in [1.165, 1.54) is 5.69 Å². The summed E-state index contributed by atoms with van der Waals surface area (Å²) < 4.78 is 5.42. The van der Waals surface area contributed by atoms with E-state index >= 15 is 0 Å². The van der Waals surface area contributed by atoms with E-state index in [2.05, 4.69) is 33.2 Å². The second kappa shape index (κ2) is 5.84. The van der Waals surface area contributed by atoms with Crippen molar-refractivity contribution >= 4 is 5.82 Å². The van der Waals surface area contributed by atoms with Crippen molar-refractivity contribution in [2.45, 2.75) is 31.7 Å². The van der Waals surface area contributed by atoms with Crippen molar-refractivity contribution in [1.82, 2.24) is 15.3 Å². The van der Waals surface area contributed by atoms with Gasteiger partial charge in [0.05, 0.1) is 0 Å². The number of hydrogen-bond acceptors (Lipinski definition) is 5. The molecule has 0 amide bonds. The molecule has 0 bridgehead atoms. The molecule has 0 radical (unpaired) electrons. The van der Waals surface area contributed by atoms with Crippen LogP contribution in [0.15, 0.2) is 12.4 Å². The summed E-state index contributed by atoms with van der Waals surface area (Å²) in [5, 5.41) is 3.41. The zero-order valence-electron chi connectivity index (χ0n) is 11.5. The molecule has 0 spiro atoms. The Labute approximate surface area is 114 Å². The fourth-order valence-electron chi connectivity index (χ4n) is 2.92. The molecule has 1 aromatic heterocycles. The molecule has 0 saturated carbocycles. The minimum Gasteiger partial charge on any atom is -0.381 e. The first-order valence-corrected chi connectivity index (χ1v) is 7.21. The van der Waals surface area contributed by atoms with E-state index in [0.29, 0.717) is 12.0 Å². The lowest BCUT2D eigenvalue weighted by Crippen LogP contribution is -2.50. The third-order valence-corrected chi connectivity index (χ3v) is 4.11. The predicted molar refractivity (Wildman–Crippen MR) is 74.5 cm³/mol. The molecule has 2 aliphatic rings. The average molecular weight is 262 g/mol. The monoisotopic (exact) mass is 262 g/mol. The van der Waals surface area contributed by atoms with Gasteiger partial charge in [-0.05, 0) is 19.8 Å². The van der Waals surface area contributed by atoms with Gasteiger partial charge in [0, 0.05) is 56.6 Å². The zero-order valence-corrected chi connectivity index (χ0v) is 11.5. The average Bonchev–Trinajstić information content (AvgIpc) is 2.49. The summed E-state index contributed by atoms with van der Waals surface area (Å²) in [6.45, 7) is 7.02. The van der Waals surface area contributed by atoms with Crippen LogP contribution in [0.3, 0.4) is 0 Å². The van der Waals surface area contributed by atoms with E-state index in [4.69, 9.17) is 4.74 Å². The normalized spacial score (nSPS) is 25.5. The first-order valence-electron chi connectivity index (χ1n) is 7.21. The molecule has 2 fully saturated rings. The maximum Gasteiger partial charge on any atom is 0.132 e. The van der Waals surface area contributed by atoms with E-state index in [1.54, 1.807) is 6.33 Å². The largest absolute Gasteiger partial charge is 0.381 e. The van der Waals surface area contributed by atoms with Gasteiger partial charge in [0.15, 0.2) is 0 Å². The van der Waals surface area contributed by atoms with Gasteiger partial charge in [-0.1, -0.05) is 0 Å². The van der Waals surface area contributed by atoms with Crippen LogP contribution in [0, 0.1) is 0 Å². The summed E-state index contributed by atoms with van der Waals surface area (Å²) in [4.78, 5) is 11.3. The summed E-state index contributed by atoms with van der Waals surface area (Å²) in [5.41, 5.74) is 1.18. The van der Waals surface area contributed by atoms with E-state index in [1.807, 2.05) is 0 Å². The number of ether oxygens (including phenoxy) is 1. The predicted octanol–water partition coefficient (Wildman–Crippen LogP) is 1.17. The molecule has 3 rings (SSSR count). The molecule has 5 nitrogen and oxygen atoms in total. The standard InChI is InChI=1S/C14H22N4O/c1-11-9-15-4-5-18(11)14-8-13(16-10-17-14)12-2-6-19-7-3-12/h8,10-12,15H,2-7,9H2,1H3/t11-/m1/s1. The van der Waals surface area contributed by atoms with Crippen LogP contribution in [0.4, 0.5) is 5.82 Å². The van der Waals surface area contributed by atoms with Crippen molar-refractivity contribution in [2.24, 2.45) is 0 Å². The van der Waals surface area contributed by atoms with Gasteiger partial charge in [0.1, 0.15) is 12.1 Å². The van der Waals surface area contributed by atoms with Gasteiger partial charge in [0.25, 0.3) is 0 Å². The van der Waals surface area contributed by atoms with Crippen molar-refractivity contribution in [1.29, 1.82) is 0 Å². The third kappa shape index (κ3) is 2.87. The number of nitrogens with one attached hydrogen (secondary N) is 1. The van der Waals surface area contributed by atoms with Gasteiger partial charge in [-0.25, -0.2) is 9.97 Å². The Morgan fingerprint density at radius 3 is 2.95 bits per heavy atom. The van der Waals surface area contributed by atoms with E-state index in [-0.39, 0.29) is 0 Å². The van der Waals surface area contributed by atoms with Crippen LogP contribution in [-0.4, -0.2) is 48.9 Å². The third-order valence-electron chi connectivity index (χ3n) is 4.11. The van der Waals surface area contributed by atoms with Crippen molar-refractivity contribution in [2.75, 3.05) is 37.7 Å². The van der Waals surface area contributed by atoms with Gasteiger partial charge in [-0.15, -0.1) is 0 Å². The molecular formula is C14H22N4O. The Balaban J connectivity index is 1.78. The molecule has 5 heteroatoms. The molecule has 3 heterocycles. The number of piperazine rings is 1. The van der Waals surface area contributed by atoms with Crippen molar-refractivity contribution < 1.29 is 4.74 Å². The molecule has 1 atom stereocenters. The lowest BCUT2D eigenvalue weighted by atomic mass is 9.96. The Morgan fingerprint density at radius 1 is 1.32 bits per heavy atom. The highest BCUT2D eigenvalue weighted by Gasteiger charge is 2.22. The quantitative estimate of drug-likeness (QED) is 0.867. The minimum atomic E-state index is 0.492. The van der Waals surface area contributed by atoms with Gasteiger partial charge in [0.2, 0.25) is 0 Å². The summed E-state index contributed by atoms with van der Waals surface area (Å²) in [6, 6.07) is 2.67. The lowest BCUT2D eigenvalue weighted by molar-refractivity contribution is 0.0845. The van der Waals surface area contributed by atoms with Crippen LogP contribution in [-0.2, 0) is 4.74 Å². The number of anilines is 1. The first-order chi connectivity index (χ1) is 9.34. The van der Waals surface area contributed by atoms with Crippen LogP contribution < -0.4 is 10.2 Å². The van der Waals surface area contributed by atoms with E-state index in [9.17, 15) is 0 Å². The fourth-order valence-corrected chi connectivity index (χ4v) is 2.92. The molecule has 1 aromatic rings. The second-order valence-corrected chi connectivity index (χ2v) is 5.43. The van der Waals surface area contributed by atoms with Crippen molar-refractivity contribution in [3.63, 3.8) is 0 Å². The molecule has 0 aliphatic carbocycles. The number of rotatable bonds is 2. The maximum atomic E-state index is 5.42. The van der Waals surface area contributed by atoms with E-state index < -0.39 is 0 Å². The van der Waals surface area contributed by atoms with Crippen LogP contribution >= 0.6 is 0 Å². The van der Waals surface area contributed by atoms with E-state index in [0.717, 1.165) is 51.5 Å². The van der Waals surface area contributed by atoms with Crippen molar-refractivity contribution in [3.8, 4) is 0 Å². The first kappa shape index (κ1) is 12.8.